The lowest BCUT2D eigenvalue weighted by atomic mass is 10.3. The summed E-state index contributed by atoms with van der Waals surface area (Å²) in [4.78, 5) is 10.6. The van der Waals surface area contributed by atoms with Crippen molar-refractivity contribution in [2.75, 3.05) is 13.1 Å². The molecule has 1 aliphatic heterocycles. The first-order valence-corrected chi connectivity index (χ1v) is 6.36. The van der Waals surface area contributed by atoms with Gasteiger partial charge in [0.05, 0.1) is 6.10 Å². The highest BCUT2D eigenvalue weighted by atomic mass is 32.2. The van der Waals surface area contributed by atoms with Crippen LogP contribution in [-0.2, 0) is 10.0 Å². The van der Waals surface area contributed by atoms with Gasteiger partial charge in [0.2, 0.25) is 10.9 Å². The van der Waals surface area contributed by atoms with Crippen LogP contribution in [0, 0.1) is 0 Å². The standard InChI is InChI=1S/C9H11NO6S/c11-6-3-4-10(5-6)17(14,15)8-2-1-7(16-8)9(12)13/h1-2,6,11H,3-5H2,(H,12,13)/t6-/m1/s1. The third-order valence-corrected chi connectivity index (χ3v) is 4.25. The Labute approximate surface area is 97.3 Å². The predicted octanol–water partition coefficient (Wildman–Crippen LogP) is -0.267. The maximum absolute atomic E-state index is 11.9. The first kappa shape index (κ1) is 12.1. The van der Waals surface area contributed by atoms with Crippen LogP contribution in [0.25, 0.3) is 0 Å². The fourth-order valence-corrected chi connectivity index (χ4v) is 3.03. The van der Waals surface area contributed by atoms with Crippen molar-refractivity contribution in [1.82, 2.24) is 4.31 Å². The fourth-order valence-electron chi connectivity index (χ4n) is 1.63. The number of aliphatic hydroxyl groups is 1. The second kappa shape index (κ2) is 4.13. The Hall–Kier alpha value is -1.38. The van der Waals surface area contributed by atoms with Gasteiger partial charge in [-0.2, -0.15) is 4.31 Å². The summed E-state index contributed by atoms with van der Waals surface area (Å²) in [6.07, 6.45) is -0.315. The maximum atomic E-state index is 11.9. The average molecular weight is 261 g/mol. The van der Waals surface area contributed by atoms with Gasteiger partial charge in [-0.05, 0) is 18.6 Å². The molecule has 0 spiro atoms. The number of carbonyl (C=O) groups is 1. The van der Waals surface area contributed by atoms with Gasteiger partial charge < -0.3 is 14.6 Å². The van der Waals surface area contributed by atoms with Crippen LogP contribution in [0.15, 0.2) is 21.6 Å². The Balaban J connectivity index is 2.28. The Kier molecular flexibility index (Phi) is 2.94. The molecule has 2 rings (SSSR count). The van der Waals surface area contributed by atoms with Gasteiger partial charge in [-0.25, -0.2) is 13.2 Å². The van der Waals surface area contributed by atoms with Crippen LogP contribution in [0.5, 0.6) is 0 Å². The van der Waals surface area contributed by atoms with E-state index < -0.39 is 32.9 Å². The van der Waals surface area contributed by atoms with Gasteiger partial charge in [-0.1, -0.05) is 0 Å². The van der Waals surface area contributed by atoms with E-state index >= 15 is 0 Å². The molecule has 0 aliphatic carbocycles. The van der Waals surface area contributed by atoms with Crippen LogP contribution < -0.4 is 0 Å². The van der Waals surface area contributed by atoms with Crippen LogP contribution in [0.1, 0.15) is 17.0 Å². The largest absolute Gasteiger partial charge is 0.475 e. The van der Waals surface area contributed by atoms with Crippen molar-refractivity contribution < 1.29 is 27.8 Å². The van der Waals surface area contributed by atoms with Gasteiger partial charge in [0.25, 0.3) is 10.0 Å². The summed E-state index contributed by atoms with van der Waals surface area (Å²) in [6.45, 7) is 0.206. The van der Waals surface area contributed by atoms with Crippen LogP contribution in [0.3, 0.4) is 0 Å². The monoisotopic (exact) mass is 261 g/mol. The van der Waals surface area contributed by atoms with Gasteiger partial charge in [-0.15, -0.1) is 0 Å². The molecule has 1 aromatic rings. The van der Waals surface area contributed by atoms with Crippen molar-refractivity contribution in [2.24, 2.45) is 0 Å². The van der Waals surface area contributed by atoms with Gasteiger partial charge in [-0.3, -0.25) is 0 Å². The molecule has 0 saturated carbocycles. The van der Waals surface area contributed by atoms with E-state index in [-0.39, 0.29) is 13.1 Å². The maximum Gasteiger partial charge on any atom is 0.371 e. The number of β-amino-alcohol motifs (C(OH)–C–C–N with tert-alkyl or cyclic N) is 1. The highest BCUT2D eigenvalue weighted by Crippen LogP contribution is 2.22. The molecule has 0 radical (unpaired) electrons. The minimum atomic E-state index is -3.84. The molecular weight excluding hydrogens is 250 g/mol. The number of sulfonamides is 1. The third-order valence-electron chi connectivity index (χ3n) is 2.51. The SMILES string of the molecule is O=C(O)c1ccc(S(=O)(=O)N2CC[C@@H](O)C2)o1. The molecule has 2 heterocycles. The van der Waals surface area contributed by atoms with E-state index in [9.17, 15) is 18.3 Å². The Bertz CT molecular complexity index is 533. The first-order valence-electron chi connectivity index (χ1n) is 4.92. The van der Waals surface area contributed by atoms with E-state index in [0.717, 1.165) is 16.4 Å². The topological polar surface area (TPSA) is 108 Å². The molecule has 1 atom stereocenters. The van der Waals surface area contributed by atoms with Gasteiger partial charge in [0.15, 0.2) is 0 Å². The van der Waals surface area contributed by atoms with Crippen molar-refractivity contribution in [1.29, 1.82) is 0 Å². The summed E-state index contributed by atoms with van der Waals surface area (Å²) in [5, 5.41) is 17.5. The lowest BCUT2D eigenvalue weighted by Gasteiger charge is -2.12. The molecule has 0 amide bonds. The number of hydrogen-bond acceptors (Lipinski definition) is 5. The Morgan fingerprint density at radius 2 is 2.18 bits per heavy atom. The van der Waals surface area contributed by atoms with Gasteiger partial charge in [0, 0.05) is 13.1 Å². The van der Waals surface area contributed by atoms with Crippen LogP contribution in [0.2, 0.25) is 0 Å². The second-order valence-corrected chi connectivity index (χ2v) is 5.60. The number of aliphatic hydroxyl groups excluding tert-OH is 1. The average Bonchev–Trinajstić information content (AvgIpc) is 2.85. The van der Waals surface area contributed by atoms with Crippen LogP contribution in [-0.4, -0.2) is 48.1 Å². The number of furan rings is 1. The molecule has 2 N–H and O–H groups in total. The van der Waals surface area contributed by atoms with E-state index in [2.05, 4.69) is 0 Å². The van der Waals surface area contributed by atoms with E-state index in [1.54, 1.807) is 0 Å². The highest BCUT2D eigenvalue weighted by Gasteiger charge is 2.34. The first-order chi connectivity index (χ1) is 7.91. The summed E-state index contributed by atoms with van der Waals surface area (Å²) in [5.74, 6) is -1.75. The van der Waals surface area contributed by atoms with Gasteiger partial charge in [0.1, 0.15) is 0 Å². The number of rotatable bonds is 3. The number of hydrogen-bond donors (Lipinski definition) is 2. The summed E-state index contributed by atoms with van der Waals surface area (Å²) < 4.78 is 29.7. The van der Waals surface area contributed by atoms with Crippen molar-refractivity contribution in [3.05, 3.63) is 17.9 Å². The van der Waals surface area contributed by atoms with E-state index in [4.69, 9.17) is 9.52 Å². The molecule has 8 heteroatoms. The molecular formula is C9H11NO6S. The third kappa shape index (κ3) is 2.19. The minimum absolute atomic E-state index is 0.00539. The fraction of sp³-hybridized carbons (Fsp3) is 0.444. The summed E-state index contributed by atoms with van der Waals surface area (Å²) in [6, 6.07) is 2.19. The Morgan fingerprint density at radius 3 is 2.65 bits per heavy atom. The smallest absolute Gasteiger partial charge is 0.371 e. The lowest BCUT2D eigenvalue weighted by molar-refractivity contribution is 0.0656. The molecule has 17 heavy (non-hydrogen) atoms. The molecule has 94 valence electrons. The molecule has 1 fully saturated rings. The normalized spacial score (nSPS) is 21.8. The lowest BCUT2D eigenvalue weighted by Crippen LogP contribution is -2.29. The summed E-state index contributed by atoms with van der Waals surface area (Å²) in [5.41, 5.74) is 0. The molecule has 0 bridgehead atoms. The predicted molar refractivity (Wildman–Crippen MR) is 55.0 cm³/mol. The van der Waals surface area contributed by atoms with Crippen LogP contribution in [0.4, 0.5) is 0 Å². The van der Waals surface area contributed by atoms with Crippen molar-refractivity contribution >= 4 is 16.0 Å². The summed E-state index contributed by atoms with van der Waals surface area (Å²) in [7, 11) is -3.84. The number of nitrogens with zero attached hydrogens (tertiary/aromatic N) is 1. The van der Waals surface area contributed by atoms with Crippen LogP contribution >= 0.6 is 0 Å². The second-order valence-electron chi connectivity index (χ2n) is 3.73. The van der Waals surface area contributed by atoms with E-state index in [1.165, 1.54) is 0 Å². The molecule has 1 saturated heterocycles. The summed E-state index contributed by atoms with van der Waals surface area (Å²) >= 11 is 0. The molecule has 0 unspecified atom stereocenters. The Morgan fingerprint density at radius 1 is 1.47 bits per heavy atom. The number of carboxylic acids is 1. The zero-order valence-corrected chi connectivity index (χ0v) is 9.55. The minimum Gasteiger partial charge on any atom is -0.475 e. The van der Waals surface area contributed by atoms with Crippen molar-refractivity contribution in [2.45, 2.75) is 17.6 Å². The number of carboxylic acid groups (broad SMARTS) is 1. The number of aromatic carboxylic acids is 1. The molecule has 0 aromatic carbocycles. The molecule has 1 aromatic heterocycles. The van der Waals surface area contributed by atoms with E-state index in [1.807, 2.05) is 0 Å². The zero-order valence-electron chi connectivity index (χ0n) is 8.74. The van der Waals surface area contributed by atoms with Crippen molar-refractivity contribution in [3.8, 4) is 0 Å². The van der Waals surface area contributed by atoms with Crippen molar-refractivity contribution in [3.63, 3.8) is 0 Å². The highest BCUT2D eigenvalue weighted by molar-refractivity contribution is 7.89. The van der Waals surface area contributed by atoms with E-state index in [0.29, 0.717) is 6.42 Å². The zero-order chi connectivity index (χ0) is 12.6. The quantitative estimate of drug-likeness (QED) is 0.775. The molecule has 1 aliphatic rings. The van der Waals surface area contributed by atoms with Gasteiger partial charge >= 0.3 is 5.97 Å². The molecule has 7 nitrogen and oxygen atoms in total.